The van der Waals surface area contributed by atoms with Crippen molar-refractivity contribution in [3.8, 4) is 0 Å². The Labute approximate surface area is 110 Å². The summed E-state index contributed by atoms with van der Waals surface area (Å²) in [6.45, 7) is 6.41. The van der Waals surface area contributed by atoms with E-state index in [9.17, 15) is 0 Å². The number of rotatable bonds is 3. The van der Waals surface area contributed by atoms with Gasteiger partial charge in [-0.1, -0.05) is 80.3 Å². The summed E-state index contributed by atoms with van der Waals surface area (Å²) in [6, 6.07) is 19.5. The third-order valence-corrected chi connectivity index (χ3v) is 15.6. The molecule has 2 aromatic rings. The molecule has 3 heteroatoms. The van der Waals surface area contributed by atoms with Gasteiger partial charge in [0.05, 0.1) is 7.59 Å². The molecule has 0 aliphatic heterocycles. The van der Waals surface area contributed by atoms with Gasteiger partial charge in [-0.3, -0.25) is 0 Å². The fourth-order valence-electron chi connectivity index (χ4n) is 2.37. The zero-order valence-corrected chi connectivity index (χ0v) is 13.2. The molecule has 0 aliphatic rings. The topological polar surface area (TPSA) is 0 Å². The van der Waals surface area contributed by atoms with Crippen LogP contribution < -0.4 is 10.4 Å². The van der Waals surface area contributed by atoms with Gasteiger partial charge in [0.2, 0.25) is 0 Å². The molecule has 18 heavy (non-hydrogen) atoms. The standard InChI is InChI=1S/C15H19FSi2/c1-17(2,3)18(16,14-10-6-4-7-11-14)15-12-8-5-9-13-15/h4-13H,1-3H3. The van der Waals surface area contributed by atoms with Crippen molar-refractivity contribution in [3.63, 3.8) is 0 Å². The van der Waals surface area contributed by atoms with Gasteiger partial charge in [-0.25, -0.2) is 0 Å². The minimum atomic E-state index is -3.06. The van der Waals surface area contributed by atoms with Crippen LogP contribution in [-0.4, -0.2) is 15.5 Å². The fourth-order valence-corrected chi connectivity index (χ4v) is 11.9. The Kier molecular flexibility index (Phi) is 3.55. The van der Waals surface area contributed by atoms with Crippen molar-refractivity contribution in [2.75, 3.05) is 0 Å². The molecule has 0 amide bonds. The van der Waals surface area contributed by atoms with Gasteiger partial charge in [0.15, 0.2) is 0 Å². The molecule has 0 aliphatic carbocycles. The summed E-state index contributed by atoms with van der Waals surface area (Å²) >= 11 is 0. The predicted molar refractivity (Wildman–Crippen MR) is 82.4 cm³/mol. The molecule has 0 saturated heterocycles. The zero-order chi connectivity index (χ0) is 13.2. The van der Waals surface area contributed by atoms with Crippen LogP contribution in [0.3, 0.4) is 0 Å². The van der Waals surface area contributed by atoms with E-state index in [2.05, 4.69) is 19.6 Å². The minimum absolute atomic E-state index is 0.912. The number of hydrogen-bond acceptors (Lipinski definition) is 0. The normalized spacial score (nSPS) is 12.4. The molecule has 0 saturated carbocycles. The van der Waals surface area contributed by atoms with Gasteiger partial charge in [0.25, 0.3) is 7.93 Å². The highest BCUT2D eigenvalue weighted by Gasteiger charge is 2.50. The van der Waals surface area contributed by atoms with Gasteiger partial charge < -0.3 is 4.11 Å². The van der Waals surface area contributed by atoms with E-state index in [0.29, 0.717) is 0 Å². The molecule has 0 N–H and O–H groups in total. The van der Waals surface area contributed by atoms with Crippen LogP contribution in [0.2, 0.25) is 19.6 Å². The molecule has 0 spiro atoms. The summed E-state index contributed by atoms with van der Waals surface area (Å²) in [7, 11) is -4.98. The van der Waals surface area contributed by atoms with E-state index in [1.54, 1.807) is 0 Å². The molecule has 2 rings (SSSR count). The lowest BCUT2D eigenvalue weighted by molar-refractivity contribution is 0.847. The van der Waals surface area contributed by atoms with Gasteiger partial charge in [-0.2, -0.15) is 0 Å². The van der Waals surface area contributed by atoms with Crippen molar-refractivity contribution in [2.45, 2.75) is 19.6 Å². The first-order valence-corrected chi connectivity index (χ1v) is 12.6. The van der Waals surface area contributed by atoms with Crippen LogP contribution >= 0.6 is 0 Å². The summed E-state index contributed by atoms with van der Waals surface area (Å²) in [5, 5.41) is 1.82. The molecule has 0 bridgehead atoms. The summed E-state index contributed by atoms with van der Waals surface area (Å²) in [5.41, 5.74) is 0. The maximum absolute atomic E-state index is 16.0. The van der Waals surface area contributed by atoms with Crippen molar-refractivity contribution < 1.29 is 4.11 Å². The van der Waals surface area contributed by atoms with Crippen molar-refractivity contribution in [2.24, 2.45) is 0 Å². The zero-order valence-electron chi connectivity index (χ0n) is 11.2. The van der Waals surface area contributed by atoms with Gasteiger partial charge in [-0.05, 0) is 10.4 Å². The van der Waals surface area contributed by atoms with E-state index in [-0.39, 0.29) is 0 Å². The highest BCUT2D eigenvalue weighted by atomic mass is 29.3. The molecule has 2 aromatic carbocycles. The third kappa shape index (κ3) is 2.20. The Morgan fingerprint density at radius 3 is 1.28 bits per heavy atom. The van der Waals surface area contributed by atoms with Crippen molar-refractivity contribution in [1.29, 1.82) is 0 Å². The fraction of sp³-hybridized carbons (Fsp3) is 0.200. The van der Waals surface area contributed by atoms with Crippen molar-refractivity contribution in [3.05, 3.63) is 60.7 Å². The van der Waals surface area contributed by atoms with E-state index in [1.165, 1.54) is 0 Å². The first-order valence-electron chi connectivity index (χ1n) is 6.26. The Morgan fingerprint density at radius 2 is 1.00 bits per heavy atom. The quantitative estimate of drug-likeness (QED) is 0.596. The average molecular weight is 274 g/mol. The molecule has 0 nitrogen and oxygen atoms in total. The predicted octanol–water partition coefficient (Wildman–Crippen LogP) is 3.13. The van der Waals surface area contributed by atoms with E-state index in [0.717, 1.165) is 10.4 Å². The highest BCUT2D eigenvalue weighted by Crippen LogP contribution is 2.20. The minimum Gasteiger partial charge on any atom is -0.306 e. The second-order valence-electron chi connectivity index (χ2n) is 5.64. The lowest BCUT2D eigenvalue weighted by atomic mass is 10.4. The van der Waals surface area contributed by atoms with E-state index in [4.69, 9.17) is 0 Å². The first-order chi connectivity index (χ1) is 8.46. The van der Waals surface area contributed by atoms with Crippen LogP contribution in [0.15, 0.2) is 60.7 Å². The molecule has 0 aromatic heterocycles. The molecular weight excluding hydrogens is 255 g/mol. The lowest BCUT2D eigenvalue weighted by Crippen LogP contribution is -2.70. The smallest absolute Gasteiger partial charge is 0.291 e. The van der Waals surface area contributed by atoms with Crippen molar-refractivity contribution >= 4 is 25.9 Å². The van der Waals surface area contributed by atoms with Crippen molar-refractivity contribution in [1.82, 2.24) is 0 Å². The summed E-state index contributed by atoms with van der Waals surface area (Å²) in [5.74, 6) is 0. The van der Waals surface area contributed by atoms with Crippen LogP contribution in [-0.2, 0) is 0 Å². The van der Waals surface area contributed by atoms with Crippen LogP contribution in [0.4, 0.5) is 4.11 Å². The van der Waals surface area contributed by atoms with Gasteiger partial charge in [0.1, 0.15) is 0 Å². The van der Waals surface area contributed by atoms with Gasteiger partial charge >= 0.3 is 0 Å². The number of halogens is 1. The van der Waals surface area contributed by atoms with E-state index in [1.807, 2.05) is 60.7 Å². The van der Waals surface area contributed by atoms with E-state index < -0.39 is 15.5 Å². The van der Waals surface area contributed by atoms with E-state index >= 15 is 4.11 Å². The molecule has 0 radical (unpaired) electrons. The lowest BCUT2D eigenvalue weighted by Gasteiger charge is -2.34. The second-order valence-corrected chi connectivity index (χ2v) is 19.2. The average Bonchev–Trinajstić information content (AvgIpc) is 2.38. The monoisotopic (exact) mass is 274 g/mol. The van der Waals surface area contributed by atoms with Crippen LogP contribution in [0.5, 0.6) is 0 Å². The first kappa shape index (κ1) is 13.2. The Morgan fingerprint density at radius 1 is 0.667 bits per heavy atom. The summed E-state index contributed by atoms with van der Waals surface area (Å²) in [4.78, 5) is 0. The molecule has 94 valence electrons. The van der Waals surface area contributed by atoms with Crippen LogP contribution in [0.25, 0.3) is 0 Å². The Hall–Kier alpha value is -1.20. The SMILES string of the molecule is C[Si](C)(C)[Si](F)(c1ccccc1)c1ccccc1. The molecule has 0 unspecified atom stereocenters. The second kappa shape index (κ2) is 4.82. The van der Waals surface area contributed by atoms with Crippen LogP contribution in [0.1, 0.15) is 0 Å². The maximum Gasteiger partial charge on any atom is 0.291 e. The molecule has 0 heterocycles. The van der Waals surface area contributed by atoms with Crippen LogP contribution in [0, 0.1) is 0 Å². The summed E-state index contributed by atoms with van der Waals surface area (Å²) in [6.07, 6.45) is 0. The maximum atomic E-state index is 16.0. The Bertz CT molecular complexity index is 464. The number of benzene rings is 2. The third-order valence-electron chi connectivity index (χ3n) is 3.38. The molecular formula is C15H19FSi2. The van der Waals surface area contributed by atoms with Gasteiger partial charge in [0, 0.05) is 0 Å². The Balaban J connectivity index is 2.63. The highest BCUT2D eigenvalue weighted by molar-refractivity contribution is 7.48. The number of hydrogen-bond donors (Lipinski definition) is 0. The molecule has 0 atom stereocenters. The summed E-state index contributed by atoms with van der Waals surface area (Å²) < 4.78 is 16.0. The molecule has 0 fully saturated rings. The van der Waals surface area contributed by atoms with Gasteiger partial charge in [-0.15, -0.1) is 0 Å². The largest absolute Gasteiger partial charge is 0.306 e.